The molecule has 5 nitrogen and oxygen atoms in total. The third kappa shape index (κ3) is 4.63. The maximum atomic E-state index is 11.9. The van der Waals surface area contributed by atoms with Crippen LogP contribution in [0.25, 0.3) is 0 Å². The van der Waals surface area contributed by atoms with Gasteiger partial charge in [-0.05, 0) is 19.3 Å². The number of rotatable bonds is 4. The summed E-state index contributed by atoms with van der Waals surface area (Å²) in [6, 6.07) is -0.983. The largest absolute Gasteiger partial charge is 0.480 e. The molecule has 0 radical (unpaired) electrons. The van der Waals surface area contributed by atoms with E-state index in [1.165, 1.54) is 0 Å². The summed E-state index contributed by atoms with van der Waals surface area (Å²) in [7, 11) is 0. The monoisotopic (exact) mass is 242 g/mol. The van der Waals surface area contributed by atoms with Crippen LogP contribution >= 0.6 is 0 Å². The number of carbonyl (C=O) groups excluding carboxylic acids is 1. The molecule has 0 aromatic heterocycles. The van der Waals surface area contributed by atoms with Gasteiger partial charge in [-0.25, -0.2) is 9.59 Å². The van der Waals surface area contributed by atoms with E-state index in [1.807, 2.05) is 6.92 Å². The van der Waals surface area contributed by atoms with Gasteiger partial charge in [-0.1, -0.05) is 26.2 Å². The molecule has 1 rings (SSSR count). The minimum Gasteiger partial charge on any atom is -0.480 e. The zero-order valence-electron chi connectivity index (χ0n) is 10.4. The maximum Gasteiger partial charge on any atom is 0.326 e. The average molecular weight is 242 g/mol. The Balaban J connectivity index is 2.47. The Morgan fingerprint density at radius 2 is 1.82 bits per heavy atom. The SMILES string of the molecule is CCC[C@@H](NC(=O)N1CCCCCC1)C(=O)O. The van der Waals surface area contributed by atoms with Crippen molar-refractivity contribution in [2.45, 2.75) is 51.5 Å². The Morgan fingerprint density at radius 1 is 1.24 bits per heavy atom. The van der Waals surface area contributed by atoms with Gasteiger partial charge in [-0.15, -0.1) is 0 Å². The van der Waals surface area contributed by atoms with Gasteiger partial charge >= 0.3 is 12.0 Å². The van der Waals surface area contributed by atoms with Crippen LogP contribution in [-0.4, -0.2) is 41.1 Å². The van der Waals surface area contributed by atoms with Gasteiger partial charge in [-0.2, -0.15) is 0 Å². The molecule has 0 spiro atoms. The molecule has 1 fully saturated rings. The molecule has 0 unspecified atom stereocenters. The lowest BCUT2D eigenvalue weighted by atomic mass is 10.2. The average Bonchev–Trinajstić information content (AvgIpc) is 2.56. The number of carbonyl (C=O) groups is 2. The van der Waals surface area contributed by atoms with Gasteiger partial charge in [0.2, 0.25) is 0 Å². The molecule has 1 atom stereocenters. The summed E-state index contributed by atoms with van der Waals surface area (Å²) < 4.78 is 0. The van der Waals surface area contributed by atoms with E-state index in [0.717, 1.165) is 45.2 Å². The molecule has 98 valence electrons. The number of likely N-dealkylation sites (tertiary alicyclic amines) is 1. The minimum atomic E-state index is -0.949. The lowest BCUT2D eigenvalue weighted by Gasteiger charge is -2.23. The summed E-state index contributed by atoms with van der Waals surface area (Å²) in [6.07, 6.45) is 5.56. The van der Waals surface area contributed by atoms with Crippen LogP contribution in [0.3, 0.4) is 0 Å². The molecule has 17 heavy (non-hydrogen) atoms. The molecular weight excluding hydrogens is 220 g/mol. The normalized spacial score (nSPS) is 18.3. The molecule has 5 heteroatoms. The summed E-state index contributed by atoms with van der Waals surface area (Å²) >= 11 is 0. The van der Waals surface area contributed by atoms with E-state index in [2.05, 4.69) is 5.32 Å². The molecule has 0 saturated carbocycles. The molecule has 0 bridgehead atoms. The van der Waals surface area contributed by atoms with Crippen molar-refractivity contribution >= 4 is 12.0 Å². The van der Waals surface area contributed by atoms with Gasteiger partial charge < -0.3 is 15.3 Å². The van der Waals surface area contributed by atoms with Crippen LogP contribution in [0.2, 0.25) is 0 Å². The number of hydrogen-bond donors (Lipinski definition) is 2. The van der Waals surface area contributed by atoms with Gasteiger partial charge in [0.1, 0.15) is 6.04 Å². The predicted molar refractivity (Wildman–Crippen MR) is 64.9 cm³/mol. The fourth-order valence-electron chi connectivity index (χ4n) is 2.06. The zero-order valence-corrected chi connectivity index (χ0v) is 10.4. The third-order valence-corrected chi connectivity index (χ3v) is 3.07. The van der Waals surface area contributed by atoms with Gasteiger partial charge in [0, 0.05) is 13.1 Å². The van der Waals surface area contributed by atoms with Crippen molar-refractivity contribution < 1.29 is 14.7 Å². The molecule has 0 aliphatic carbocycles. The molecule has 2 N–H and O–H groups in total. The smallest absolute Gasteiger partial charge is 0.326 e. The van der Waals surface area contributed by atoms with Crippen LogP contribution in [0.15, 0.2) is 0 Å². The molecule has 2 amide bonds. The molecule has 1 aliphatic heterocycles. The summed E-state index contributed by atoms with van der Waals surface area (Å²) in [4.78, 5) is 24.6. The van der Waals surface area contributed by atoms with Crippen LogP contribution in [0.1, 0.15) is 45.4 Å². The van der Waals surface area contributed by atoms with E-state index in [1.54, 1.807) is 4.90 Å². The minimum absolute atomic E-state index is 0.229. The van der Waals surface area contributed by atoms with Crippen molar-refractivity contribution in [2.24, 2.45) is 0 Å². The van der Waals surface area contributed by atoms with Gasteiger partial charge in [-0.3, -0.25) is 0 Å². The second-order valence-electron chi connectivity index (χ2n) is 4.53. The number of carboxylic acids is 1. The van der Waals surface area contributed by atoms with Crippen LogP contribution in [0.5, 0.6) is 0 Å². The van der Waals surface area contributed by atoms with Crippen LogP contribution in [0.4, 0.5) is 4.79 Å². The number of nitrogens with zero attached hydrogens (tertiary/aromatic N) is 1. The molecule has 0 aromatic rings. The molecule has 1 saturated heterocycles. The Bertz CT molecular complexity index is 260. The van der Waals surface area contributed by atoms with Gasteiger partial charge in [0.25, 0.3) is 0 Å². The first kappa shape index (κ1) is 13.8. The van der Waals surface area contributed by atoms with E-state index in [0.29, 0.717) is 6.42 Å². The standard InChI is InChI=1S/C12H22N2O3/c1-2-7-10(11(15)16)13-12(17)14-8-5-3-4-6-9-14/h10H,2-9H2,1H3,(H,13,17)(H,15,16)/t10-/m1/s1. The molecular formula is C12H22N2O3. The highest BCUT2D eigenvalue weighted by Crippen LogP contribution is 2.10. The highest BCUT2D eigenvalue weighted by molar-refractivity contribution is 5.82. The highest BCUT2D eigenvalue weighted by atomic mass is 16.4. The first-order chi connectivity index (χ1) is 8.15. The van der Waals surface area contributed by atoms with E-state index in [4.69, 9.17) is 5.11 Å². The van der Waals surface area contributed by atoms with Crippen molar-refractivity contribution in [1.29, 1.82) is 0 Å². The highest BCUT2D eigenvalue weighted by Gasteiger charge is 2.22. The number of hydrogen-bond acceptors (Lipinski definition) is 2. The van der Waals surface area contributed by atoms with Crippen molar-refractivity contribution in [3.63, 3.8) is 0 Å². The second-order valence-corrected chi connectivity index (χ2v) is 4.53. The first-order valence-corrected chi connectivity index (χ1v) is 6.43. The number of amides is 2. The zero-order chi connectivity index (χ0) is 12.7. The number of urea groups is 1. The fraction of sp³-hybridized carbons (Fsp3) is 0.833. The molecule has 0 aromatic carbocycles. The Labute approximate surface area is 102 Å². The van der Waals surface area contributed by atoms with Crippen molar-refractivity contribution in [2.75, 3.05) is 13.1 Å². The Kier molecular flexibility index (Phi) is 5.80. The predicted octanol–water partition coefficient (Wildman–Crippen LogP) is 1.83. The number of carboxylic acid groups (broad SMARTS) is 1. The summed E-state index contributed by atoms with van der Waals surface area (Å²) in [5.41, 5.74) is 0. The number of nitrogens with one attached hydrogen (secondary N) is 1. The van der Waals surface area contributed by atoms with E-state index in [-0.39, 0.29) is 6.03 Å². The fourth-order valence-corrected chi connectivity index (χ4v) is 2.06. The summed E-state index contributed by atoms with van der Waals surface area (Å²) in [5, 5.41) is 11.6. The van der Waals surface area contributed by atoms with Gasteiger partial charge in [0.15, 0.2) is 0 Å². The van der Waals surface area contributed by atoms with Crippen LogP contribution in [-0.2, 0) is 4.79 Å². The first-order valence-electron chi connectivity index (χ1n) is 6.43. The summed E-state index contributed by atoms with van der Waals surface area (Å²) in [6.45, 7) is 3.39. The number of aliphatic carboxylic acids is 1. The quantitative estimate of drug-likeness (QED) is 0.790. The van der Waals surface area contributed by atoms with Crippen molar-refractivity contribution in [3.05, 3.63) is 0 Å². The van der Waals surface area contributed by atoms with Crippen molar-refractivity contribution in [3.8, 4) is 0 Å². The molecule has 1 aliphatic rings. The maximum absolute atomic E-state index is 11.9. The Morgan fingerprint density at radius 3 is 2.29 bits per heavy atom. The summed E-state index contributed by atoms with van der Waals surface area (Å²) in [5.74, 6) is -0.949. The van der Waals surface area contributed by atoms with E-state index < -0.39 is 12.0 Å². The lowest BCUT2D eigenvalue weighted by Crippen LogP contribution is -2.48. The lowest BCUT2D eigenvalue weighted by molar-refractivity contribution is -0.139. The van der Waals surface area contributed by atoms with Crippen LogP contribution < -0.4 is 5.32 Å². The van der Waals surface area contributed by atoms with E-state index in [9.17, 15) is 9.59 Å². The van der Waals surface area contributed by atoms with Crippen LogP contribution in [0, 0.1) is 0 Å². The van der Waals surface area contributed by atoms with E-state index >= 15 is 0 Å². The third-order valence-electron chi connectivity index (χ3n) is 3.07. The Hall–Kier alpha value is -1.26. The topological polar surface area (TPSA) is 69.6 Å². The molecule has 1 heterocycles. The second kappa shape index (κ2) is 7.14. The van der Waals surface area contributed by atoms with Gasteiger partial charge in [0.05, 0.1) is 0 Å². The van der Waals surface area contributed by atoms with Crippen molar-refractivity contribution in [1.82, 2.24) is 10.2 Å².